The highest BCUT2D eigenvalue weighted by molar-refractivity contribution is 6.30. The van der Waals surface area contributed by atoms with E-state index in [1.54, 1.807) is 6.20 Å². The standard InChI is InChI=1S/C25H29ClFN3O5/c1-15-9-18(12-28-16(15)2)35-14-23(33)30-25-7-5-24(6-8-25,11-21(25)31)29-22(32)13-34-17-3-4-19(26)20(27)10-17/h3-4,9-10,12,21,31H,5-8,11,13-14H2,1-2H3,(H,29,32)(H,30,33)/t21-,24?,25?/m0/s1. The van der Waals surface area contributed by atoms with E-state index in [1.807, 2.05) is 19.9 Å². The van der Waals surface area contributed by atoms with E-state index in [1.165, 1.54) is 12.1 Å². The van der Waals surface area contributed by atoms with E-state index in [0.717, 1.165) is 17.3 Å². The van der Waals surface area contributed by atoms with Gasteiger partial charge in [-0.3, -0.25) is 14.6 Å². The number of rotatable bonds is 8. The Hall–Kier alpha value is -2.91. The molecule has 2 bridgehead atoms. The van der Waals surface area contributed by atoms with Gasteiger partial charge in [0.2, 0.25) is 0 Å². The maximum absolute atomic E-state index is 13.6. The van der Waals surface area contributed by atoms with Crippen LogP contribution >= 0.6 is 11.6 Å². The summed E-state index contributed by atoms with van der Waals surface area (Å²) >= 11 is 5.66. The van der Waals surface area contributed by atoms with Crippen molar-refractivity contribution in [2.75, 3.05) is 13.2 Å². The van der Waals surface area contributed by atoms with Gasteiger partial charge in [-0.05, 0) is 69.7 Å². The van der Waals surface area contributed by atoms with E-state index >= 15 is 0 Å². The molecule has 188 valence electrons. The molecular weight excluding hydrogens is 477 g/mol. The molecule has 35 heavy (non-hydrogen) atoms. The lowest BCUT2D eigenvalue weighted by Gasteiger charge is -2.56. The number of nitrogens with one attached hydrogen (secondary N) is 2. The van der Waals surface area contributed by atoms with Crippen LogP contribution in [-0.4, -0.2) is 52.3 Å². The first-order chi connectivity index (χ1) is 16.6. The van der Waals surface area contributed by atoms with Crippen LogP contribution in [0, 0.1) is 19.7 Å². The first kappa shape index (κ1) is 25.2. The van der Waals surface area contributed by atoms with Crippen LogP contribution < -0.4 is 20.1 Å². The van der Waals surface area contributed by atoms with Crippen LogP contribution in [0.2, 0.25) is 5.02 Å². The lowest BCUT2D eigenvalue weighted by molar-refractivity contribution is -0.137. The van der Waals surface area contributed by atoms with E-state index in [2.05, 4.69) is 15.6 Å². The number of pyridine rings is 1. The maximum Gasteiger partial charge on any atom is 0.258 e. The number of aromatic nitrogens is 1. The summed E-state index contributed by atoms with van der Waals surface area (Å²) in [6.45, 7) is 3.35. The summed E-state index contributed by atoms with van der Waals surface area (Å²) in [7, 11) is 0. The molecule has 8 nitrogen and oxygen atoms in total. The molecule has 1 aromatic heterocycles. The first-order valence-electron chi connectivity index (χ1n) is 11.5. The molecule has 3 N–H and O–H groups in total. The van der Waals surface area contributed by atoms with Crippen LogP contribution in [0.1, 0.15) is 43.4 Å². The smallest absolute Gasteiger partial charge is 0.258 e. The van der Waals surface area contributed by atoms with Crippen LogP contribution in [0.4, 0.5) is 4.39 Å². The number of aryl methyl sites for hydroxylation is 2. The molecule has 0 spiro atoms. The predicted octanol–water partition coefficient (Wildman–Crippen LogP) is 3.00. The maximum atomic E-state index is 13.6. The topological polar surface area (TPSA) is 110 Å². The predicted molar refractivity (Wildman–Crippen MR) is 127 cm³/mol. The van der Waals surface area contributed by atoms with Crippen LogP contribution in [0.15, 0.2) is 30.5 Å². The van der Waals surface area contributed by atoms with Crippen LogP contribution in [0.25, 0.3) is 0 Å². The van der Waals surface area contributed by atoms with E-state index in [9.17, 15) is 19.1 Å². The molecule has 3 fully saturated rings. The third kappa shape index (κ3) is 5.67. The number of hydrogen-bond donors (Lipinski definition) is 3. The Bertz CT molecular complexity index is 1120. The summed E-state index contributed by atoms with van der Waals surface area (Å²) in [5, 5.41) is 16.8. The molecule has 1 heterocycles. The number of nitrogens with zero attached hydrogens (tertiary/aromatic N) is 1. The molecule has 0 aliphatic heterocycles. The molecule has 1 atom stereocenters. The molecule has 1 aromatic carbocycles. The first-order valence-corrected chi connectivity index (χ1v) is 11.9. The second-order valence-corrected chi connectivity index (χ2v) is 9.89. The Balaban J connectivity index is 1.28. The minimum atomic E-state index is -0.816. The zero-order valence-corrected chi connectivity index (χ0v) is 20.5. The molecule has 2 aromatic rings. The molecule has 0 radical (unpaired) electrons. The largest absolute Gasteiger partial charge is 0.484 e. The fraction of sp³-hybridized carbons (Fsp3) is 0.480. The number of halogens is 2. The van der Waals surface area contributed by atoms with Gasteiger partial charge in [0.1, 0.15) is 17.3 Å². The Labute approximate surface area is 208 Å². The van der Waals surface area contributed by atoms with E-state index in [4.69, 9.17) is 21.1 Å². The summed E-state index contributed by atoms with van der Waals surface area (Å²) in [6.07, 6.45) is 3.33. The van der Waals surface area contributed by atoms with Crippen molar-refractivity contribution in [1.82, 2.24) is 15.6 Å². The Morgan fingerprint density at radius 1 is 1.09 bits per heavy atom. The lowest BCUT2D eigenvalue weighted by atomic mass is 9.60. The number of aliphatic hydroxyl groups is 1. The fourth-order valence-electron chi connectivity index (χ4n) is 4.87. The second kappa shape index (κ2) is 9.99. The van der Waals surface area contributed by atoms with Crippen molar-refractivity contribution in [3.63, 3.8) is 0 Å². The average Bonchev–Trinajstić information content (AvgIpc) is 2.82. The Morgan fingerprint density at radius 2 is 1.74 bits per heavy atom. The highest BCUT2D eigenvalue weighted by atomic mass is 35.5. The van der Waals surface area contributed by atoms with Crippen molar-refractivity contribution in [2.24, 2.45) is 0 Å². The highest BCUT2D eigenvalue weighted by Gasteiger charge is 2.55. The average molecular weight is 506 g/mol. The number of aliphatic hydroxyl groups excluding tert-OH is 1. The molecule has 2 amide bonds. The third-order valence-corrected chi connectivity index (χ3v) is 7.37. The normalized spacial score (nSPS) is 25.1. The Morgan fingerprint density at radius 3 is 2.37 bits per heavy atom. The molecule has 5 rings (SSSR count). The zero-order chi connectivity index (χ0) is 25.2. The SMILES string of the molecule is Cc1cc(OCC(=O)NC23CCC(NC(=O)COc4ccc(Cl)c(F)c4)(CC2)C[C@@H]3O)cnc1C. The van der Waals surface area contributed by atoms with Crippen molar-refractivity contribution in [1.29, 1.82) is 0 Å². The minimum absolute atomic E-state index is 0.0246. The molecule has 10 heteroatoms. The van der Waals surface area contributed by atoms with Crippen molar-refractivity contribution < 1.29 is 28.6 Å². The van der Waals surface area contributed by atoms with Gasteiger partial charge in [0.05, 0.1) is 22.9 Å². The Kier molecular flexibility index (Phi) is 7.19. The van der Waals surface area contributed by atoms with E-state index in [0.29, 0.717) is 37.9 Å². The van der Waals surface area contributed by atoms with Gasteiger partial charge >= 0.3 is 0 Å². The fourth-order valence-corrected chi connectivity index (χ4v) is 4.99. The number of hydrogen-bond acceptors (Lipinski definition) is 6. The van der Waals surface area contributed by atoms with Gasteiger partial charge < -0.3 is 25.2 Å². The third-order valence-electron chi connectivity index (χ3n) is 7.06. The molecule has 3 aliphatic rings. The molecule has 0 unspecified atom stereocenters. The van der Waals surface area contributed by atoms with Gasteiger partial charge in [-0.25, -0.2) is 4.39 Å². The number of benzene rings is 1. The quantitative estimate of drug-likeness (QED) is 0.509. The monoisotopic (exact) mass is 505 g/mol. The van der Waals surface area contributed by atoms with Crippen LogP contribution in [-0.2, 0) is 9.59 Å². The molecule has 3 aliphatic carbocycles. The number of carbonyl (C=O) groups is 2. The molecule has 0 saturated heterocycles. The van der Waals surface area contributed by atoms with Gasteiger partial charge in [-0.1, -0.05) is 11.6 Å². The van der Waals surface area contributed by atoms with E-state index < -0.39 is 23.0 Å². The van der Waals surface area contributed by atoms with Crippen molar-refractivity contribution in [2.45, 2.75) is 63.1 Å². The van der Waals surface area contributed by atoms with E-state index in [-0.39, 0.29) is 35.8 Å². The van der Waals surface area contributed by atoms with Gasteiger partial charge in [-0.2, -0.15) is 0 Å². The molecular formula is C25H29ClFN3O5. The zero-order valence-electron chi connectivity index (χ0n) is 19.7. The lowest BCUT2D eigenvalue weighted by Crippen LogP contribution is -2.70. The number of amides is 2. The van der Waals surface area contributed by atoms with Crippen molar-refractivity contribution >= 4 is 23.4 Å². The summed E-state index contributed by atoms with van der Waals surface area (Å²) in [5.74, 6) is -0.586. The minimum Gasteiger partial charge on any atom is -0.484 e. The molecule has 3 saturated carbocycles. The van der Waals surface area contributed by atoms with Crippen molar-refractivity contribution in [3.05, 3.63) is 52.6 Å². The number of fused-ring (bicyclic) bond motifs is 3. The number of carbonyl (C=O) groups excluding carboxylic acids is 2. The summed E-state index contributed by atoms with van der Waals surface area (Å²) < 4.78 is 24.5. The van der Waals surface area contributed by atoms with Crippen LogP contribution in [0.3, 0.4) is 0 Å². The van der Waals surface area contributed by atoms with Gasteiger partial charge in [-0.15, -0.1) is 0 Å². The number of ether oxygens (including phenoxy) is 2. The van der Waals surface area contributed by atoms with Gasteiger partial charge in [0.15, 0.2) is 13.2 Å². The van der Waals surface area contributed by atoms with Gasteiger partial charge in [0.25, 0.3) is 11.8 Å². The highest BCUT2D eigenvalue weighted by Crippen LogP contribution is 2.47. The van der Waals surface area contributed by atoms with Gasteiger partial charge in [0, 0.05) is 17.3 Å². The summed E-state index contributed by atoms with van der Waals surface area (Å²) in [5.41, 5.74) is 0.556. The second-order valence-electron chi connectivity index (χ2n) is 9.48. The summed E-state index contributed by atoms with van der Waals surface area (Å²) in [4.78, 5) is 29.3. The van der Waals surface area contributed by atoms with Crippen molar-refractivity contribution in [3.8, 4) is 11.5 Å². The van der Waals surface area contributed by atoms with Crippen LogP contribution in [0.5, 0.6) is 11.5 Å². The summed E-state index contributed by atoms with van der Waals surface area (Å²) in [6, 6.07) is 5.79.